The number of rotatable bonds is 5. The second-order valence-corrected chi connectivity index (χ2v) is 6.49. The molecule has 1 aromatic rings. The smallest absolute Gasteiger partial charge is 0.264 e. The highest BCUT2D eigenvalue weighted by Gasteiger charge is 2.31. The quantitative estimate of drug-likeness (QED) is 0.891. The number of amides is 1. The lowest BCUT2D eigenvalue weighted by Crippen LogP contribution is -2.45. The van der Waals surface area contributed by atoms with Crippen LogP contribution in [0.5, 0.6) is 17.2 Å². The molecule has 7 nitrogen and oxygen atoms in total. The summed E-state index contributed by atoms with van der Waals surface area (Å²) in [4.78, 5) is 17.5. The summed E-state index contributed by atoms with van der Waals surface area (Å²) in [6, 6.07) is 3.57. The average molecular weight is 336 g/mol. The van der Waals surface area contributed by atoms with Crippen LogP contribution in [0.25, 0.3) is 0 Å². The summed E-state index contributed by atoms with van der Waals surface area (Å²) >= 11 is 0. The highest BCUT2D eigenvalue weighted by molar-refractivity contribution is 6.05. The molecule has 0 spiro atoms. The lowest BCUT2D eigenvalue weighted by Gasteiger charge is -2.22. The van der Waals surface area contributed by atoms with Gasteiger partial charge in [0, 0.05) is 17.5 Å². The fourth-order valence-electron chi connectivity index (χ4n) is 2.39. The van der Waals surface area contributed by atoms with Crippen LogP contribution in [0.2, 0.25) is 0 Å². The minimum atomic E-state index is -0.640. The van der Waals surface area contributed by atoms with Crippen LogP contribution in [0.3, 0.4) is 0 Å². The molecule has 1 aromatic carbocycles. The van der Waals surface area contributed by atoms with Gasteiger partial charge in [0.1, 0.15) is 0 Å². The van der Waals surface area contributed by atoms with Crippen LogP contribution in [0.1, 0.15) is 32.8 Å². The number of oxime groups is 1. The summed E-state index contributed by atoms with van der Waals surface area (Å²) in [5.41, 5.74) is 1.09. The molecular formula is C17H24N2O5. The third kappa shape index (κ3) is 3.90. The Morgan fingerprint density at radius 3 is 2.21 bits per heavy atom. The van der Waals surface area contributed by atoms with Crippen molar-refractivity contribution in [3.63, 3.8) is 0 Å². The van der Waals surface area contributed by atoms with E-state index >= 15 is 0 Å². The molecule has 0 saturated carbocycles. The first kappa shape index (κ1) is 17.9. The van der Waals surface area contributed by atoms with Crippen molar-refractivity contribution in [2.75, 3.05) is 21.3 Å². The molecule has 0 saturated heterocycles. The molecule has 7 heteroatoms. The molecule has 1 aliphatic heterocycles. The van der Waals surface area contributed by atoms with E-state index in [1.807, 2.05) is 20.8 Å². The van der Waals surface area contributed by atoms with E-state index in [1.54, 1.807) is 33.5 Å². The zero-order valence-corrected chi connectivity index (χ0v) is 14.9. The first-order valence-corrected chi connectivity index (χ1v) is 7.64. The number of methoxy groups -OCH3 is 3. The summed E-state index contributed by atoms with van der Waals surface area (Å²) < 4.78 is 16.0. The maximum atomic E-state index is 12.2. The molecule has 1 amide bonds. The Morgan fingerprint density at radius 2 is 1.75 bits per heavy atom. The molecule has 24 heavy (non-hydrogen) atoms. The van der Waals surface area contributed by atoms with E-state index in [1.165, 1.54) is 0 Å². The number of nitrogens with one attached hydrogen (secondary N) is 1. The Kier molecular flexibility index (Phi) is 5.21. The molecule has 0 unspecified atom stereocenters. The average Bonchev–Trinajstić information content (AvgIpc) is 3.01. The monoisotopic (exact) mass is 336 g/mol. The van der Waals surface area contributed by atoms with Gasteiger partial charge in [-0.1, -0.05) is 5.16 Å². The van der Waals surface area contributed by atoms with Gasteiger partial charge in [0.25, 0.3) is 5.91 Å². The van der Waals surface area contributed by atoms with Gasteiger partial charge < -0.3 is 24.4 Å². The Labute approximate surface area is 141 Å². The van der Waals surface area contributed by atoms with Gasteiger partial charge >= 0.3 is 0 Å². The Morgan fingerprint density at radius 1 is 1.17 bits per heavy atom. The third-order valence-electron chi connectivity index (χ3n) is 3.46. The van der Waals surface area contributed by atoms with Crippen LogP contribution in [0.15, 0.2) is 17.3 Å². The molecule has 1 N–H and O–H groups in total. The van der Waals surface area contributed by atoms with Crippen molar-refractivity contribution in [1.82, 2.24) is 5.32 Å². The van der Waals surface area contributed by atoms with Gasteiger partial charge in [-0.05, 0) is 32.9 Å². The van der Waals surface area contributed by atoms with Gasteiger partial charge in [0.2, 0.25) is 11.9 Å². The van der Waals surface area contributed by atoms with E-state index in [2.05, 4.69) is 10.5 Å². The minimum absolute atomic E-state index is 0.186. The first-order valence-electron chi connectivity index (χ1n) is 7.64. The molecule has 1 atom stereocenters. The second kappa shape index (κ2) is 6.98. The summed E-state index contributed by atoms with van der Waals surface area (Å²) in [7, 11) is 4.64. The Bertz CT molecular complexity index is 624. The summed E-state index contributed by atoms with van der Waals surface area (Å²) in [6.45, 7) is 5.75. The zero-order chi connectivity index (χ0) is 17.9. The molecule has 2 rings (SSSR count). The van der Waals surface area contributed by atoms with Gasteiger partial charge in [-0.2, -0.15) is 0 Å². The molecule has 1 heterocycles. The predicted octanol–water partition coefficient (Wildman–Crippen LogP) is 2.12. The fraction of sp³-hybridized carbons (Fsp3) is 0.529. The van der Waals surface area contributed by atoms with E-state index in [4.69, 9.17) is 19.0 Å². The van der Waals surface area contributed by atoms with Crippen molar-refractivity contribution in [3.8, 4) is 17.2 Å². The number of carbonyl (C=O) groups is 1. The van der Waals surface area contributed by atoms with E-state index in [0.717, 1.165) is 5.56 Å². The molecule has 0 aromatic heterocycles. The molecular weight excluding hydrogens is 312 g/mol. The van der Waals surface area contributed by atoms with E-state index < -0.39 is 6.10 Å². The van der Waals surface area contributed by atoms with E-state index in [-0.39, 0.29) is 11.4 Å². The Hall–Kier alpha value is -2.44. The lowest BCUT2D eigenvalue weighted by atomic mass is 10.0. The van der Waals surface area contributed by atoms with Crippen molar-refractivity contribution in [3.05, 3.63) is 17.7 Å². The van der Waals surface area contributed by atoms with E-state index in [9.17, 15) is 4.79 Å². The van der Waals surface area contributed by atoms with Crippen LogP contribution in [-0.2, 0) is 9.63 Å². The highest BCUT2D eigenvalue weighted by atomic mass is 16.6. The van der Waals surface area contributed by atoms with E-state index in [0.29, 0.717) is 29.4 Å². The highest BCUT2D eigenvalue weighted by Crippen LogP contribution is 2.39. The number of nitrogens with zero attached hydrogens (tertiary/aromatic N) is 1. The molecule has 0 bridgehead atoms. The summed E-state index contributed by atoms with van der Waals surface area (Å²) in [5.74, 6) is 1.37. The standard InChI is InChI=1S/C17H24N2O5/c1-17(2,3)18-16(20)14-9-11(19-24-14)10-7-12(21-4)15(23-6)13(8-10)22-5/h7-8,14H,9H2,1-6H3,(H,18,20)/t14-/m1/s1. The van der Waals surface area contributed by atoms with Crippen LogP contribution in [0, 0.1) is 0 Å². The van der Waals surface area contributed by atoms with Crippen molar-refractivity contribution in [2.45, 2.75) is 38.8 Å². The molecule has 1 aliphatic rings. The number of ether oxygens (including phenoxy) is 3. The molecule has 132 valence electrons. The SMILES string of the molecule is COc1cc(C2=NO[C@@H](C(=O)NC(C)(C)C)C2)cc(OC)c1OC. The van der Waals surface area contributed by atoms with Crippen molar-refractivity contribution in [1.29, 1.82) is 0 Å². The number of hydrogen-bond acceptors (Lipinski definition) is 6. The zero-order valence-electron chi connectivity index (χ0n) is 14.9. The minimum Gasteiger partial charge on any atom is -0.493 e. The summed E-state index contributed by atoms with van der Waals surface area (Å²) in [5, 5.41) is 6.94. The summed E-state index contributed by atoms with van der Waals surface area (Å²) in [6.07, 6.45) is -0.265. The largest absolute Gasteiger partial charge is 0.493 e. The number of benzene rings is 1. The predicted molar refractivity (Wildman–Crippen MR) is 90.0 cm³/mol. The van der Waals surface area contributed by atoms with Crippen LogP contribution < -0.4 is 19.5 Å². The molecule has 0 aliphatic carbocycles. The van der Waals surface area contributed by atoms with Crippen molar-refractivity contribution >= 4 is 11.6 Å². The normalized spacial score (nSPS) is 16.9. The lowest BCUT2D eigenvalue weighted by molar-refractivity contribution is -0.132. The maximum absolute atomic E-state index is 12.2. The Balaban J connectivity index is 2.20. The maximum Gasteiger partial charge on any atom is 0.264 e. The number of hydrogen-bond donors (Lipinski definition) is 1. The fourth-order valence-corrected chi connectivity index (χ4v) is 2.39. The topological polar surface area (TPSA) is 78.4 Å². The molecule has 0 fully saturated rings. The van der Waals surface area contributed by atoms with Crippen molar-refractivity contribution < 1.29 is 23.8 Å². The third-order valence-corrected chi connectivity index (χ3v) is 3.46. The second-order valence-electron chi connectivity index (χ2n) is 6.49. The van der Waals surface area contributed by atoms with Crippen LogP contribution >= 0.6 is 0 Å². The van der Waals surface area contributed by atoms with Crippen LogP contribution in [0.4, 0.5) is 0 Å². The van der Waals surface area contributed by atoms with Crippen LogP contribution in [-0.4, -0.2) is 44.6 Å². The van der Waals surface area contributed by atoms with Gasteiger partial charge in [-0.25, -0.2) is 0 Å². The van der Waals surface area contributed by atoms with Gasteiger partial charge in [-0.3, -0.25) is 4.79 Å². The molecule has 0 radical (unpaired) electrons. The first-order chi connectivity index (χ1) is 11.3. The van der Waals surface area contributed by atoms with Gasteiger partial charge in [0.15, 0.2) is 11.5 Å². The van der Waals surface area contributed by atoms with Gasteiger partial charge in [-0.15, -0.1) is 0 Å². The number of carbonyl (C=O) groups excluding carboxylic acids is 1. The van der Waals surface area contributed by atoms with Gasteiger partial charge in [0.05, 0.1) is 27.0 Å². The van der Waals surface area contributed by atoms with Crippen molar-refractivity contribution in [2.24, 2.45) is 5.16 Å².